The van der Waals surface area contributed by atoms with Crippen LogP contribution in [0.2, 0.25) is 0 Å². The Labute approximate surface area is 115 Å². The van der Waals surface area contributed by atoms with Gasteiger partial charge in [-0.15, -0.1) is 12.3 Å². The van der Waals surface area contributed by atoms with Gasteiger partial charge in [0.15, 0.2) is 0 Å². The molecule has 0 spiro atoms. The van der Waals surface area contributed by atoms with Gasteiger partial charge in [0.2, 0.25) is 6.43 Å². The number of rotatable bonds is 4. The van der Waals surface area contributed by atoms with Gasteiger partial charge in [-0.3, -0.25) is 0 Å². The summed E-state index contributed by atoms with van der Waals surface area (Å²) in [5.41, 5.74) is -0.623. The molecule has 19 heavy (non-hydrogen) atoms. The highest BCUT2D eigenvalue weighted by Gasteiger charge is 2.41. The number of piperidine rings is 1. The smallest absolute Gasteiger partial charge is 0.238 e. The Morgan fingerprint density at radius 3 is 2.47 bits per heavy atom. The SMILES string of the molecule is C=C([O-])[C@]1(CCC(F)F)C[C@@H](C(C)(C)C)CN(C)C1. The van der Waals surface area contributed by atoms with Crippen molar-refractivity contribution in [3.63, 3.8) is 0 Å². The summed E-state index contributed by atoms with van der Waals surface area (Å²) in [4.78, 5) is 2.09. The van der Waals surface area contributed by atoms with Crippen molar-refractivity contribution < 1.29 is 13.9 Å². The molecule has 1 fully saturated rings. The molecule has 0 aromatic heterocycles. The largest absolute Gasteiger partial charge is 0.875 e. The number of likely N-dealkylation sites (tertiary alicyclic amines) is 1. The minimum Gasteiger partial charge on any atom is -0.875 e. The van der Waals surface area contributed by atoms with Crippen LogP contribution in [0.25, 0.3) is 0 Å². The first-order valence-electron chi connectivity index (χ1n) is 6.90. The molecule has 0 N–H and O–H groups in total. The van der Waals surface area contributed by atoms with E-state index in [9.17, 15) is 13.9 Å². The normalized spacial score (nSPS) is 29.7. The van der Waals surface area contributed by atoms with Gasteiger partial charge in [0.25, 0.3) is 0 Å². The maximum absolute atomic E-state index is 12.5. The van der Waals surface area contributed by atoms with Crippen LogP contribution in [-0.2, 0) is 0 Å². The van der Waals surface area contributed by atoms with Crippen LogP contribution in [0, 0.1) is 16.7 Å². The number of alkyl halides is 2. The predicted molar refractivity (Wildman–Crippen MR) is 71.9 cm³/mol. The first-order valence-corrected chi connectivity index (χ1v) is 6.90. The van der Waals surface area contributed by atoms with Gasteiger partial charge in [-0.2, -0.15) is 0 Å². The van der Waals surface area contributed by atoms with Crippen LogP contribution in [-0.4, -0.2) is 31.5 Å². The molecule has 0 amide bonds. The minimum absolute atomic E-state index is 0.0697. The lowest BCUT2D eigenvalue weighted by Gasteiger charge is -2.52. The molecule has 0 saturated carbocycles. The highest BCUT2D eigenvalue weighted by Crippen LogP contribution is 2.46. The lowest BCUT2D eigenvalue weighted by Crippen LogP contribution is -2.51. The lowest BCUT2D eigenvalue weighted by molar-refractivity contribution is -0.331. The van der Waals surface area contributed by atoms with Gasteiger partial charge in [0.1, 0.15) is 0 Å². The fourth-order valence-electron chi connectivity index (χ4n) is 3.05. The maximum Gasteiger partial charge on any atom is 0.238 e. The minimum atomic E-state index is -2.35. The molecule has 0 bridgehead atoms. The molecular weight excluding hydrogens is 248 g/mol. The predicted octanol–water partition coefficient (Wildman–Crippen LogP) is 2.89. The van der Waals surface area contributed by atoms with E-state index in [2.05, 4.69) is 32.3 Å². The summed E-state index contributed by atoms with van der Waals surface area (Å²) in [6.45, 7) is 11.4. The molecule has 1 aliphatic rings. The van der Waals surface area contributed by atoms with Crippen molar-refractivity contribution in [2.24, 2.45) is 16.7 Å². The first kappa shape index (κ1) is 16.4. The molecular formula is C15H26F2NO-. The van der Waals surface area contributed by atoms with E-state index in [1.54, 1.807) is 0 Å². The van der Waals surface area contributed by atoms with Crippen LogP contribution in [0.3, 0.4) is 0 Å². The number of nitrogens with zero attached hydrogens (tertiary/aromatic N) is 1. The zero-order chi connectivity index (χ0) is 14.8. The number of hydrogen-bond donors (Lipinski definition) is 0. The van der Waals surface area contributed by atoms with E-state index in [4.69, 9.17) is 0 Å². The highest BCUT2D eigenvalue weighted by molar-refractivity contribution is 5.07. The van der Waals surface area contributed by atoms with Crippen LogP contribution in [0.4, 0.5) is 8.78 Å². The van der Waals surface area contributed by atoms with Crippen LogP contribution < -0.4 is 5.11 Å². The van der Waals surface area contributed by atoms with E-state index in [0.29, 0.717) is 18.9 Å². The summed E-state index contributed by atoms with van der Waals surface area (Å²) in [6.07, 6.45) is -1.65. The van der Waals surface area contributed by atoms with Crippen molar-refractivity contribution in [3.8, 4) is 0 Å². The highest BCUT2D eigenvalue weighted by atomic mass is 19.3. The van der Waals surface area contributed by atoms with Crippen molar-refractivity contribution in [3.05, 3.63) is 12.3 Å². The Bertz CT molecular complexity index is 325. The summed E-state index contributed by atoms with van der Waals surface area (Å²) >= 11 is 0. The summed E-state index contributed by atoms with van der Waals surface area (Å²) in [5.74, 6) is 0.142. The third-order valence-electron chi connectivity index (χ3n) is 4.40. The molecule has 0 aromatic rings. The van der Waals surface area contributed by atoms with Gasteiger partial charge in [0, 0.05) is 19.5 Å². The second kappa shape index (κ2) is 5.78. The Morgan fingerprint density at radius 2 is 2.05 bits per heavy atom. The molecule has 2 nitrogen and oxygen atoms in total. The molecule has 1 saturated heterocycles. The van der Waals surface area contributed by atoms with E-state index < -0.39 is 11.8 Å². The zero-order valence-corrected chi connectivity index (χ0v) is 12.5. The van der Waals surface area contributed by atoms with Gasteiger partial charge in [-0.1, -0.05) is 20.8 Å². The van der Waals surface area contributed by atoms with Crippen LogP contribution >= 0.6 is 0 Å². The third-order valence-corrected chi connectivity index (χ3v) is 4.40. The fraction of sp³-hybridized carbons (Fsp3) is 0.867. The Morgan fingerprint density at radius 1 is 1.47 bits per heavy atom. The Hall–Kier alpha value is -0.640. The molecule has 0 radical (unpaired) electrons. The second-order valence-corrected chi connectivity index (χ2v) is 7.10. The molecule has 0 aromatic carbocycles. The summed E-state index contributed by atoms with van der Waals surface area (Å²) in [7, 11) is 1.96. The molecule has 1 rings (SSSR count). The fourth-order valence-corrected chi connectivity index (χ4v) is 3.05. The monoisotopic (exact) mass is 274 g/mol. The molecule has 112 valence electrons. The van der Waals surface area contributed by atoms with Gasteiger partial charge in [0.05, 0.1) is 0 Å². The molecule has 1 heterocycles. The first-order chi connectivity index (χ1) is 8.57. The van der Waals surface area contributed by atoms with E-state index in [1.165, 1.54) is 0 Å². The standard InChI is InChI=1S/C15H27F2NO/c1-11(19)15(7-6-13(16)17)8-12(14(2,3)4)9-18(5)10-15/h12-13,19H,1,6-10H2,2-5H3/p-1/t12-,15-/m1/s1. The molecule has 1 aliphatic heterocycles. The molecule has 4 heteroatoms. The van der Waals surface area contributed by atoms with Crippen molar-refractivity contribution >= 4 is 0 Å². The Kier molecular flexibility index (Phi) is 4.99. The van der Waals surface area contributed by atoms with E-state index in [-0.39, 0.29) is 24.0 Å². The van der Waals surface area contributed by atoms with Crippen molar-refractivity contribution in [1.82, 2.24) is 4.90 Å². The number of halogens is 2. The van der Waals surface area contributed by atoms with E-state index in [0.717, 1.165) is 6.54 Å². The zero-order valence-electron chi connectivity index (χ0n) is 12.5. The summed E-state index contributed by atoms with van der Waals surface area (Å²) in [6, 6.07) is 0. The summed E-state index contributed by atoms with van der Waals surface area (Å²) < 4.78 is 25.0. The van der Waals surface area contributed by atoms with E-state index >= 15 is 0 Å². The van der Waals surface area contributed by atoms with Crippen molar-refractivity contribution in [2.75, 3.05) is 20.1 Å². The number of hydrogen-bond acceptors (Lipinski definition) is 2. The van der Waals surface area contributed by atoms with Crippen LogP contribution in [0.15, 0.2) is 12.3 Å². The van der Waals surface area contributed by atoms with Gasteiger partial charge >= 0.3 is 0 Å². The second-order valence-electron chi connectivity index (χ2n) is 7.10. The van der Waals surface area contributed by atoms with Crippen LogP contribution in [0.5, 0.6) is 0 Å². The molecule has 2 atom stereocenters. The van der Waals surface area contributed by atoms with Gasteiger partial charge in [-0.25, -0.2) is 8.78 Å². The Balaban J connectivity index is 2.92. The quantitative estimate of drug-likeness (QED) is 0.737. The van der Waals surface area contributed by atoms with E-state index in [1.807, 2.05) is 7.05 Å². The van der Waals surface area contributed by atoms with Crippen molar-refractivity contribution in [1.29, 1.82) is 0 Å². The lowest BCUT2D eigenvalue weighted by atomic mass is 9.65. The average Bonchev–Trinajstić information content (AvgIpc) is 2.24. The topological polar surface area (TPSA) is 26.3 Å². The van der Waals surface area contributed by atoms with Crippen molar-refractivity contribution in [2.45, 2.75) is 46.5 Å². The third kappa shape index (κ3) is 4.16. The summed E-state index contributed by atoms with van der Waals surface area (Å²) in [5, 5.41) is 12.0. The molecule has 0 aliphatic carbocycles. The maximum atomic E-state index is 12.5. The van der Waals surface area contributed by atoms with Gasteiger partial charge < -0.3 is 10.0 Å². The van der Waals surface area contributed by atoms with Crippen LogP contribution in [0.1, 0.15) is 40.0 Å². The molecule has 0 unspecified atom stereocenters. The average molecular weight is 274 g/mol. The van der Waals surface area contributed by atoms with Gasteiger partial charge in [-0.05, 0) is 36.6 Å².